The number of benzene rings is 1. The van der Waals surface area contributed by atoms with Gasteiger partial charge >= 0.3 is 6.18 Å². The van der Waals surface area contributed by atoms with E-state index in [0.717, 1.165) is 6.07 Å². The minimum absolute atomic E-state index is 0.0333. The Morgan fingerprint density at radius 3 is 2.42 bits per heavy atom. The van der Waals surface area contributed by atoms with Crippen LogP contribution in [0.1, 0.15) is 54.3 Å². The Bertz CT molecular complexity index is 1400. The van der Waals surface area contributed by atoms with Gasteiger partial charge in [-0.3, -0.25) is 9.89 Å². The lowest BCUT2D eigenvalue weighted by Gasteiger charge is -2.15. The van der Waals surface area contributed by atoms with Crippen LogP contribution in [0.4, 0.5) is 17.6 Å². The van der Waals surface area contributed by atoms with E-state index in [1.54, 1.807) is 6.07 Å². The molecule has 0 aliphatic rings. The van der Waals surface area contributed by atoms with E-state index in [0.29, 0.717) is 10.9 Å². The van der Waals surface area contributed by atoms with Gasteiger partial charge in [0.05, 0.1) is 22.3 Å². The Morgan fingerprint density at radius 2 is 1.85 bits per heavy atom. The van der Waals surface area contributed by atoms with Crippen molar-refractivity contribution in [1.29, 1.82) is 0 Å². The zero-order chi connectivity index (χ0) is 24.2. The molecule has 1 N–H and O–H groups in total. The highest BCUT2D eigenvalue weighted by molar-refractivity contribution is 5.92. The number of aryl methyl sites for hydroxylation is 2. The predicted octanol–water partition coefficient (Wildman–Crippen LogP) is 5.21. The third-order valence-corrected chi connectivity index (χ3v) is 5.34. The molecule has 0 bridgehead atoms. The predicted molar refractivity (Wildman–Crippen MR) is 113 cm³/mol. The molecule has 0 aliphatic carbocycles. The number of H-pyrrole nitrogens is 1. The summed E-state index contributed by atoms with van der Waals surface area (Å²) in [4.78, 5) is 20.2. The van der Waals surface area contributed by atoms with Gasteiger partial charge in [0.15, 0.2) is 23.1 Å². The number of nitrogens with zero attached hydrogens (tertiary/aromatic N) is 5. The van der Waals surface area contributed by atoms with E-state index in [-0.39, 0.29) is 51.4 Å². The molecule has 1 aromatic carbocycles. The van der Waals surface area contributed by atoms with E-state index in [4.69, 9.17) is 0 Å². The van der Waals surface area contributed by atoms with Gasteiger partial charge in [0, 0.05) is 31.1 Å². The summed E-state index contributed by atoms with van der Waals surface area (Å²) < 4.78 is 56.9. The van der Waals surface area contributed by atoms with Crippen LogP contribution in [-0.4, -0.2) is 35.7 Å². The van der Waals surface area contributed by atoms with Crippen molar-refractivity contribution in [2.75, 3.05) is 0 Å². The van der Waals surface area contributed by atoms with Crippen molar-refractivity contribution in [3.8, 4) is 22.6 Å². The van der Waals surface area contributed by atoms with Crippen molar-refractivity contribution in [2.24, 2.45) is 7.05 Å². The molecule has 33 heavy (non-hydrogen) atoms. The van der Waals surface area contributed by atoms with Crippen LogP contribution < -0.4 is 0 Å². The molecule has 0 saturated heterocycles. The molecular formula is C22H20F4N6O. The first-order chi connectivity index (χ1) is 15.4. The summed E-state index contributed by atoms with van der Waals surface area (Å²) >= 11 is 0. The number of alkyl halides is 3. The fourth-order valence-electron chi connectivity index (χ4n) is 3.80. The molecule has 3 heterocycles. The van der Waals surface area contributed by atoms with Crippen LogP contribution >= 0.6 is 0 Å². The second-order valence-electron chi connectivity index (χ2n) is 8.11. The number of carbonyl (C=O) groups is 1. The van der Waals surface area contributed by atoms with Gasteiger partial charge < -0.3 is 0 Å². The zero-order valence-corrected chi connectivity index (χ0v) is 18.5. The van der Waals surface area contributed by atoms with Crippen LogP contribution in [0.2, 0.25) is 0 Å². The maximum absolute atomic E-state index is 15.1. The molecule has 0 spiro atoms. The minimum Gasteiger partial charge on any atom is -0.291 e. The highest BCUT2D eigenvalue weighted by Gasteiger charge is 2.38. The molecule has 0 aliphatic heterocycles. The number of ketones is 1. The molecule has 0 radical (unpaired) electrons. The number of halogens is 4. The first-order valence-corrected chi connectivity index (χ1v) is 10.1. The number of fused-ring (bicyclic) bond motifs is 1. The van der Waals surface area contributed by atoms with Gasteiger partial charge in [-0.2, -0.15) is 23.4 Å². The summed E-state index contributed by atoms with van der Waals surface area (Å²) in [6.45, 7) is 6.56. The standard InChI is InChI=1S/C22H20F4N6O/c1-9(2)12-7-17(18-10(3)29-30-19(18)22(24,25)26)27-16-8-15(23)14(6-13(12)16)20-28-21(11(4)33)32(5)31-20/h6-9H,1-5H3,(H,29,30). The molecule has 0 saturated carbocycles. The number of pyridine rings is 1. The van der Waals surface area contributed by atoms with Crippen molar-refractivity contribution in [2.45, 2.75) is 39.8 Å². The van der Waals surface area contributed by atoms with Gasteiger partial charge in [0.2, 0.25) is 0 Å². The van der Waals surface area contributed by atoms with Crippen molar-refractivity contribution in [3.63, 3.8) is 0 Å². The number of nitrogens with one attached hydrogen (secondary N) is 1. The molecule has 172 valence electrons. The Kier molecular flexibility index (Phi) is 5.30. The van der Waals surface area contributed by atoms with Crippen LogP contribution in [-0.2, 0) is 13.2 Å². The largest absolute Gasteiger partial charge is 0.435 e. The van der Waals surface area contributed by atoms with Gasteiger partial charge in [-0.1, -0.05) is 13.8 Å². The van der Waals surface area contributed by atoms with Crippen molar-refractivity contribution in [1.82, 2.24) is 29.9 Å². The third-order valence-electron chi connectivity index (χ3n) is 5.34. The van der Waals surface area contributed by atoms with E-state index in [9.17, 15) is 18.0 Å². The molecule has 0 unspecified atom stereocenters. The second kappa shape index (κ2) is 7.75. The van der Waals surface area contributed by atoms with Gasteiger partial charge in [-0.05, 0) is 30.5 Å². The Hall–Kier alpha value is -3.63. The molecule has 3 aromatic heterocycles. The minimum atomic E-state index is -4.68. The van der Waals surface area contributed by atoms with Crippen molar-refractivity contribution in [3.05, 3.63) is 46.8 Å². The Morgan fingerprint density at radius 1 is 1.15 bits per heavy atom. The monoisotopic (exact) mass is 460 g/mol. The second-order valence-corrected chi connectivity index (χ2v) is 8.11. The molecule has 4 rings (SSSR count). The van der Waals surface area contributed by atoms with Crippen LogP contribution in [0, 0.1) is 12.7 Å². The van der Waals surface area contributed by atoms with E-state index >= 15 is 4.39 Å². The van der Waals surface area contributed by atoms with Gasteiger partial charge in [0.1, 0.15) is 5.82 Å². The van der Waals surface area contributed by atoms with Crippen molar-refractivity contribution >= 4 is 16.7 Å². The normalized spacial score (nSPS) is 12.2. The maximum Gasteiger partial charge on any atom is 0.435 e. The molecule has 4 aromatic rings. The third kappa shape index (κ3) is 3.87. The summed E-state index contributed by atoms with van der Waals surface area (Å²) in [6.07, 6.45) is -4.68. The molecule has 11 heteroatoms. The van der Waals surface area contributed by atoms with Gasteiger partial charge in [0.25, 0.3) is 0 Å². The van der Waals surface area contributed by atoms with Gasteiger partial charge in [-0.15, -0.1) is 0 Å². The van der Waals surface area contributed by atoms with E-state index in [2.05, 4.69) is 25.3 Å². The molecule has 0 fully saturated rings. The van der Waals surface area contributed by atoms with Crippen LogP contribution in [0.3, 0.4) is 0 Å². The molecule has 0 amide bonds. The highest BCUT2D eigenvalue weighted by atomic mass is 19.4. The number of carbonyl (C=O) groups excluding carboxylic acids is 1. The SMILES string of the molecule is CC(=O)c1nc(-c2cc3c(C(C)C)cc(-c4c(C(F)(F)F)n[nH]c4C)nc3cc2F)nn1C. The first-order valence-electron chi connectivity index (χ1n) is 10.1. The fourth-order valence-corrected chi connectivity index (χ4v) is 3.80. The number of rotatable bonds is 4. The van der Waals surface area contributed by atoms with Crippen molar-refractivity contribution < 1.29 is 22.4 Å². The summed E-state index contributed by atoms with van der Waals surface area (Å²) in [5, 5.41) is 10.5. The van der Waals surface area contributed by atoms with E-state index < -0.39 is 17.7 Å². The summed E-state index contributed by atoms with van der Waals surface area (Å²) in [7, 11) is 1.53. The lowest BCUT2D eigenvalue weighted by molar-refractivity contribution is -0.140. The number of hydrogen-bond donors (Lipinski definition) is 1. The van der Waals surface area contributed by atoms with Gasteiger partial charge in [-0.25, -0.2) is 19.0 Å². The summed E-state index contributed by atoms with van der Waals surface area (Å²) in [6, 6.07) is 4.23. The lowest BCUT2D eigenvalue weighted by atomic mass is 9.94. The van der Waals surface area contributed by atoms with E-state index in [1.807, 2.05) is 13.8 Å². The first kappa shape index (κ1) is 22.6. The lowest BCUT2D eigenvalue weighted by Crippen LogP contribution is -2.08. The van der Waals surface area contributed by atoms with Crippen LogP contribution in [0.15, 0.2) is 18.2 Å². The average molecular weight is 460 g/mol. The smallest absolute Gasteiger partial charge is 0.291 e. The average Bonchev–Trinajstić information content (AvgIpc) is 3.29. The Labute approximate surface area is 185 Å². The summed E-state index contributed by atoms with van der Waals surface area (Å²) in [5.41, 5.74) is -0.0670. The number of aromatic nitrogens is 6. The summed E-state index contributed by atoms with van der Waals surface area (Å²) in [5.74, 6) is -1.02. The maximum atomic E-state index is 15.1. The van der Waals surface area contributed by atoms with Crippen LogP contribution in [0.5, 0.6) is 0 Å². The topological polar surface area (TPSA) is 89.3 Å². The number of Topliss-reactive ketones (excluding diaryl/α,β-unsaturated/α-hetero) is 1. The quantitative estimate of drug-likeness (QED) is 0.334. The highest BCUT2D eigenvalue weighted by Crippen LogP contribution is 2.39. The molecular weight excluding hydrogens is 440 g/mol. The fraction of sp³-hybridized carbons (Fsp3) is 0.318. The zero-order valence-electron chi connectivity index (χ0n) is 18.5. The van der Waals surface area contributed by atoms with Crippen LogP contribution in [0.25, 0.3) is 33.5 Å². The Balaban J connectivity index is 1.97. The van der Waals surface area contributed by atoms with E-state index in [1.165, 1.54) is 31.6 Å². The number of hydrogen-bond acceptors (Lipinski definition) is 5. The number of aromatic amines is 1. The molecule has 7 nitrogen and oxygen atoms in total. The molecule has 0 atom stereocenters.